The quantitative estimate of drug-likeness (QED) is 0.218. The highest BCUT2D eigenvalue weighted by molar-refractivity contribution is 6.14. The monoisotopic (exact) mass is 502 g/mol. The number of nitrogens with zero attached hydrogens (tertiary/aromatic N) is 1. The second kappa shape index (κ2) is 9.12. The highest BCUT2D eigenvalue weighted by Gasteiger charge is 2.40. The van der Waals surface area contributed by atoms with E-state index in [1.54, 1.807) is 18.2 Å². The lowest BCUT2D eigenvalue weighted by Crippen LogP contribution is -2.42. The molecule has 5 N–H and O–H groups in total. The van der Waals surface area contributed by atoms with Crippen LogP contribution in [0.25, 0.3) is 11.1 Å². The van der Waals surface area contributed by atoms with Gasteiger partial charge in [0.25, 0.3) is 5.91 Å². The molecule has 1 saturated carbocycles. The Hall–Kier alpha value is -4.60. The zero-order valence-corrected chi connectivity index (χ0v) is 20.2. The molecule has 0 spiro atoms. The van der Waals surface area contributed by atoms with E-state index in [0.29, 0.717) is 35.3 Å². The number of nitrogens with one attached hydrogen (secondary N) is 2. The number of amides is 2. The van der Waals surface area contributed by atoms with Gasteiger partial charge in [0.1, 0.15) is 5.75 Å². The average molecular weight is 503 g/mol. The fourth-order valence-corrected chi connectivity index (χ4v) is 5.35. The van der Waals surface area contributed by atoms with E-state index in [1.807, 2.05) is 12.1 Å². The van der Waals surface area contributed by atoms with Gasteiger partial charge in [-0.2, -0.15) is 0 Å². The zero-order valence-electron chi connectivity index (χ0n) is 20.2. The first-order valence-electron chi connectivity index (χ1n) is 12.0. The Morgan fingerprint density at radius 3 is 2.43 bits per heavy atom. The second-order valence-electron chi connectivity index (χ2n) is 9.37. The van der Waals surface area contributed by atoms with Crippen LogP contribution >= 0.6 is 0 Å². The van der Waals surface area contributed by atoms with Gasteiger partial charge < -0.3 is 26.2 Å². The van der Waals surface area contributed by atoms with Crippen LogP contribution in [0.1, 0.15) is 48.0 Å². The Labute approximate surface area is 212 Å². The summed E-state index contributed by atoms with van der Waals surface area (Å²) in [5.41, 5.74) is 7.89. The highest BCUT2D eigenvalue weighted by Crippen LogP contribution is 2.46. The van der Waals surface area contributed by atoms with E-state index in [-0.39, 0.29) is 34.3 Å². The Morgan fingerprint density at radius 2 is 1.76 bits per heavy atom. The van der Waals surface area contributed by atoms with Gasteiger partial charge in [-0.25, -0.2) is 0 Å². The van der Waals surface area contributed by atoms with E-state index in [1.165, 1.54) is 25.3 Å². The predicted octanol–water partition coefficient (Wildman–Crippen LogP) is 4.97. The molecule has 10 nitrogen and oxygen atoms in total. The third kappa shape index (κ3) is 4.00. The van der Waals surface area contributed by atoms with E-state index in [0.717, 1.165) is 24.8 Å². The first-order valence-corrected chi connectivity index (χ1v) is 12.0. The largest absolute Gasteiger partial charge is 0.505 e. The maximum Gasteiger partial charge on any atom is 0.310 e. The molecule has 0 unspecified atom stereocenters. The molecule has 37 heavy (non-hydrogen) atoms. The van der Waals surface area contributed by atoms with Gasteiger partial charge in [0.05, 0.1) is 40.1 Å². The number of ether oxygens (including phenoxy) is 1. The molecule has 1 aliphatic carbocycles. The van der Waals surface area contributed by atoms with Crippen LogP contribution in [0.4, 0.5) is 22.7 Å². The number of carbonyl (C=O) groups is 2. The molecular weight excluding hydrogens is 476 g/mol. The smallest absolute Gasteiger partial charge is 0.310 e. The van der Waals surface area contributed by atoms with Crippen molar-refractivity contribution in [1.29, 1.82) is 0 Å². The summed E-state index contributed by atoms with van der Waals surface area (Å²) >= 11 is 0. The predicted molar refractivity (Wildman–Crippen MR) is 138 cm³/mol. The molecule has 1 fully saturated rings. The standard InChI is InChI=1S/C27H26N4O6/c1-37-22-13-15(5-10-21(22)31(35)36)17-7-8-18-23(24(17)32)29-20-14-16(6-9-19(20)30-25(18)33)27(26(28)34)11-3-2-4-12-27/h5-10,13-14,29,32H,2-4,11-12H2,1H3,(H2,28,34)(H,30,33). The number of hydrogen-bond acceptors (Lipinski definition) is 7. The number of benzene rings is 3. The minimum atomic E-state index is -0.784. The van der Waals surface area contributed by atoms with E-state index in [4.69, 9.17) is 10.5 Å². The number of primary amides is 1. The summed E-state index contributed by atoms with van der Waals surface area (Å²) in [6.07, 6.45) is 4.15. The topological polar surface area (TPSA) is 157 Å². The summed E-state index contributed by atoms with van der Waals surface area (Å²) in [4.78, 5) is 36.3. The minimum Gasteiger partial charge on any atom is -0.505 e. The van der Waals surface area contributed by atoms with Gasteiger partial charge in [0, 0.05) is 11.6 Å². The van der Waals surface area contributed by atoms with Crippen LogP contribution in [0.15, 0.2) is 48.5 Å². The number of nitro benzene ring substituents is 1. The number of phenols is 1. The van der Waals surface area contributed by atoms with Gasteiger partial charge in [0.2, 0.25) is 5.91 Å². The molecule has 10 heteroatoms. The Balaban J connectivity index is 1.60. The van der Waals surface area contributed by atoms with Gasteiger partial charge in [-0.1, -0.05) is 25.3 Å². The number of aromatic hydroxyl groups is 1. The van der Waals surface area contributed by atoms with Crippen molar-refractivity contribution in [2.24, 2.45) is 5.73 Å². The lowest BCUT2D eigenvalue weighted by atomic mass is 9.69. The first-order chi connectivity index (χ1) is 17.7. The van der Waals surface area contributed by atoms with E-state index in [2.05, 4.69) is 10.6 Å². The molecule has 3 aromatic rings. The van der Waals surface area contributed by atoms with Crippen molar-refractivity contribution in [2.75, 3.05) is 17.7 Å². The maximum atomic E-state index is 13.0. The van der Waals surface area contributed by atoms with Crippen molar-refractivity contribution in [3.05, 3.63) is 69.8 Å². The molecule has 0 bridgehead atoms. The number of phenolic OH excluding ortho intramolecular Hbond substituents is 1. The van der Waals surface area contributed by atoms with Gasteiger partial charge in [0.15, 0.2) is 5.75 Å². The second-order valence-corrected chi connectivity index (χ2v) is 9.37. The van der Waals surface area contributed by atoms with Gasteiger partial charge in [-0.3, -0.25) is 19.7 Å². The number of rotatable bonds is 5. The third-order valence-electron chi connectivity index (χ3n) is 7.37. The van der Waals surface area contributed by atoms with Gasteiger partial charge in [-0.05, 0) is 60.4 Å². The fraction of sp³-hybridized carbons (Fsp3) is 0.259. The molecule has 1 heterocycles. The van der Waals surface area contributed by atoms with Crippen molar-refractivity contribution in [3.8, 4) is 22.6 Å². The number of nitro groups is 1. The number of nitrogens with two attached hydrogens (primary N) is 1. The number of hydrogen-bond donors (Lipinski definition) is 4. The SMILES string of the molecule is COc1cc(-c2ccc3c(c2O)Nc2cc(C4(C(N)=O)CCCCC4)ccc2NC3=O)ccc1[N+](=O)[O-]. The number of anilines is 3. The molecule has 0 radical (unpaired) electrons. The number of methoxy groups -OCH3 is 1. The molecule has 0 saturated heterocycles. The Bertz CT molecular complexity index is 1450. The van der Waals surface area contributed by atoms with Crippen LogP contribution in [-0.2, 0) is 10.2 Å². The van der Waals surface area contributed by atoms with Crippen LogP contribution in [0.3, 0.4) is 0 Å². The minimum absolute atomic E-state index is 0.0433. The summed E-state index contributed by atoms with van der Waals surface area (Å²) in [5, 5.41) is 28.6. The van der Waals surface area contributed by atoms with Crippen molar-refractivity contribution in [2.45, 2.75) is 37.5 Å². The molecule has 0 atom stereocenters. The third-order valence-corrected chi connectivity index (χ3v) is 7.37. The number of carbonyl (C=O) groups excluding carboxylic acids is 2. The molecule has 0 aromatic heterocycles. The van der Waals surface area contributed by atoms with Crippen LogP contribution < -0.4 is 21.1 Å². The molecule has 190 valence electrons. The van der Waals surface area contributed by atoms with Crippen molar-refractivity contribution < 1.29 is 24.4 Å². The Kier molecular flexibility index (Phi) is 5.94. The van der Waals surface area contributed by atoms with Crippen LogP contribution in [-0.4, -0.2) is 29.0 Å². The Morgan fingerprint density at radius 1 is 1.03 bits per heavy atom. The van der Waals surface area contributed by atoms with E-state index >= 15 is 0 Å². The van der Waals surface area contributed by atoms with Gasteiger partial charge >= 0.3 is 5.69 Å². The van der Waals surface area contributed by atoms with Crippen molar-refractivity contribution in [3.63, 3.8) is 0 Å². The number of fused-ring (bicyclic) bond motifs is 2. The van der Waals surface area contributed by atoms with E-state index in [9.17, 15) is 24.8 Å². The normalized spacial score (nSPS) is 15.9. The summed E-state index contributed by atoms with van der Waals surface area (Å²) < 4.78 is 5.16. The van der Waals surface area contributed by atoms with Crippen molar-refractivity contribution in [1.82, 2.24) is 0 Å². The summed E-state index contributed by atoms with van der Waals surface area (Å²) in [6, 6.07) is 12.8. The van der Waals surface area contributed by atoms with Crippen LogP contribution in [0.2, 0.25) is 0 Å². The van der Waals surface area contributed by atoms with E-state index < -0.39 is 16.2 Å². The molecule has 5 rings (SSSR count). The molecule has 2 amide bonds. The fourth-order valence-electron chi connectivity index (χ4n) is 5.35. The van der Waals surface area contributed by atoms with Gasteiger partial charge in [-0.15, -0.1) is 0 Å². The van der Waals surface area contributed by atoms with Crippen LogP contribution in [0, 0.1) is 10.1 Å². The maximum absolute atomic E-state index is 13.0. The first kappa shape index (κ1) is 24.1. The van der Waals surface area contributed by atoms with Crippen LogP contribution in [0.5, 0.6) is 11.5 Å². The average Bonchev–Trinajstić information content (AvgIpc) is 3.04. The van der Waals surface area contributed by atoms with Crippen molar-refractivity contribution >= 4 is 34.6 Å². The summed E-state index contributed by atoms with van der Waals surface area (Å²) in [6.45, 7) is 0. The molecular formula is C27H26N4O6. The zero-order chi connectivity index (χ0) is 26.3. The molecule has 1 aliphatic heterocycles. The lowest BCUT2D eigenvalue weighted by Gasteiger charge is -2.35. The lowest BCUT2D eigenvalue weighted by molar-refractivity contribution is -0.385. The summed E-state index contributed by atoms with van der Waals surface area (Å²) in [5.74, 6) is -0.951. The molecule has 2 aliphatic rings. The summed E-state index contributed by atoms with van der Waals surface area (Å²) in [7, 11) is 1.33. The molecule has 3 aromatic carbocycles. The highest BCUT2D eigenvalue weighted by atomic mass is 16.6.